The van der Waals surface area contributed by atoms with Crippen LogP contribution in [0, 0.1) is 6.92 Å². The van der Waals surface area contributed by atoms with Crippen LogP contribution in [0.5, 0.6) is 5.75 Å². The number of phenolic OH excluding ortho intramolecular Hbond substituents is 1. The van der Waals surface area contributed by atoms with Gasteiger partial charge < -0.3 is 10.4 Å². The van der Waals surface area contributed by atoms with E-state index >= 15 is 0 Å². The number of rotatable bonds is 5. The van der Waals surface area contributed by atoms with E-state index in [4.69, 9.17) is 5.14 Å². The van der Waals surface area contributed by atoms with Gasteiger partial charge in [0.25, 0.3) is 0 Å². The number of para-hydroxylation sites is 1. The molecular weight excluding hydrogens is 352 g/mol. The maximum Gasteiger partial charge on any atom is 0.238 e. The fourth-order valence-corrected chi connectivity index (χ4v) is 2.95. The van der Waals surface area contributed by atoms with Crippen LogP contribution in [0.1, 0.15) is 11.3 Å². The van der Waals surface area contributed by atoms with E-state index in [1.165, 1.54) is 12.1 Å². The summed E-state index contributed by atoms with van der Waals surface area (Å²) in [5.74, 6) is 1.14. The highest BCUT2D eigenvalue weighted by Crippen LogP contribution is 2.26. The van der Waals surface area contributed by atoms with Crippen molar-refractivity contribution in [2.45, 2.75) is 18.4 Å². The van der Waals surface area contributed by atoms with Crippen LogP contribution in [-0.2, 0) is 16.6 Å². The van der Waals surface area contributed by atoms with Crippen molar-refractivity contribution in [3.8, 4) is 17.1 Å². The minimum atomic E-state index is -3.70. The van der Waals surface area contributed by atoms with Gasteiger partial charge in [-0.15, -0.1) is 0 Å². The van der Waals surface area contributed by atoms with Crippen LogP contribution in [0.3, 0.4) is 0 Å². The topological polar surface area (TPSA) is 118 Å². The third kappa shape index (κ3) is 4.16. The molecule has 0 saturated heterocycles. The molecule has 0 aliphatic rings. The molecule has 0 amide bonds. The van der Waals surface area contributed by atoms with Crippen molar-refractivity contribution in [2.75, 3.05) is 5.32 Å². The molecule has 0 unspecified atom stereocenters. The molecule has 0 radical (unpaired) electrons. The molecule has 1 heterocycles. The van der Waals surface area contributed by atoms with E-state index in [0.29, 0.717) is 23.8 Å². The molecule has 0 saturated carbocycles. The van der Waals surface area contributed by atoms with Crippen molar-refractivity contribution >= 4 is 15.8 Å². The van der Waals surface area contributed by atoms with Crippen molar-refractivity contribution < 1.29 is 13.5 Å². The Hall–Kier alpha value is -2.97. The summed E-state index contributed by atoms with van der Waals surface area (Å²) >= 11 is 0. The number of sulfonamides is 1. The number of aromatic nitrogens is 2. The molecule has 0 fully saturated rings. The summed E-state index contributed by atoms with van der Waals surface area (Å²) in [6.45, 7) is 2.29. The summed E-state index contributed by atoms with van der Waals surface area (Å²) in [6.07, 6.45) is 0. The predicted molar refractivity (Wildman–Crippen MR) is 99.0 cm³/mol. The Bertz CT molecular complexity index is 1030. The zero-order valence-electron chi connectivity index (χ0n) is 14.0. The van der Waals surface area contributed by atoms with Crippen LogP contribution in [0.2, 0.25) is 0 Å². The number of primary sulfonamides is 1. The molecule has 0 atom stereocenters. The number of phenols is 1. The largest absolute Gasteiger partial charge is 0.507 e. The van der Waals surface area contributed by atoms with Gasteiger partial charge in [0.15, 0.2) is 5.82 Å². The lowest BCUT2D eigenvalue weighted by molar-refractivity contribution is 0.477. The van der Waals surface area contributed by atoms with Crippen LogP contribution >= 0.6 is 0 Å². The van der Waals surface area contributed by atoms with Crippen molar-refractivity contribution in [3.63, 3.8) is 0 Å². The molecule has 4 N–H and O–H groups in total. The molecule has 134 valence electrons. The molecule has 3 aromatic rings. The average molecular weight is 370 g/mol. The first-order valence-corrected chi connectivity index (χ1v) is 9.37. The third-order valence-corrected chi connectivity index (χ3v) is 4.65. The van der Waals surface area contributed by atoms with Crippen molar-refractivity contribution in [3.05, 3.63) is 65.9 Å². The number of aromatic hydroxyl groups is 1. The molecule has 8 heteroatoms. The van der Waals surface area contributed by atoms with Gasteiger partial charge in [0.2, 0.25) is 10.0 Å². The number of aryl methyl sites for hydroxylation is 1. The van der Waals surface area contributed by atoms with E-state index in [0.717, 1.165) is 11.3 Å². The Labute approximate surface area is 151 Å². The van der Waals surface area contributed by atoms with Gasteiger partial charge in [0, 0.05) is 18.3 Å². The molecule has 3 rings (SSSR count). The smallest absolute Gasteiger partial charge is 0.238 e. The lowest BCUT2D eigenvalue weighted by Gasteiger charge is -2.10. The summed E-state index contributed by atoms with van der Waals surface area (Å²) < 4.78 is 22.6. The molecule has 0 spiro atoms. The quantitative estimate of drug-likeness (QED) is 0.635. The Morgan fingerprint density at radius 2 is 1.77 bits per heavy atom. The normalized spacial score (nSPS) is 11.3. The molecule has 7 nitrogen and oxygen atoms in total. The average Bonchev–Trinajstić information content (AvgIpc) is 2.59. The van der Waals surface area contributed by atoms with Gasteiger partial charge in [0.05, 0.1) is 10.5 Å². The van der Waals surface area contributed by atoms with E-state index in [2.05, 4.69) is 15.3 Å². The molecular formula is C18H18N4O3S. The first-order chi connectivity index (χ1) is 12.3. The Kier molecular flexibility index (Phi) is 4.88. The predicted octanol–water partition coefficient (Wildman–Crippen LogP) is 2.42. The van der Waals surface area contributed by atoms with Gasteiger partial charge in [-0.2, -0.15) is 0 Å². The van der Waals surface area contributed by atoms with Gasteiger partial charge in [-0.3, -0.25) is 0 Å². The fraction of sp³-hybridized carbons (Fsp3) is 0.111. The molecule has 0 aliphatic heterocycles. The Morgan fingerprint density at radius 1 is 1.08 bits per heavy atom. The van der Waals surface area contributed by atoms with Gasteiger partial charge >= 0.3 is 0 Å². The minimum absolute atomic E-state index is 0.0703. The lowest BCUT2D eigenvalue weighted by Crippen LogP contribution is -2.12. The van der Waals surface area contributed by atoms with Crippen LogP contribution in [0.25, 0.3) is 11.4 Å². The molecule has 26 heavy (non-hydrogen) atoms. The van der Waals surface area contributed by atoms with Crippen LogP contribution in [-0.4, -0.2) is 23.5 Å². The van der Waals surface area contributed by atoms with E-state index in [1.807, 2.05) is 6.92 Å². The van der Waals surface area contributed by atoms with Crippen LogP contribution in [0.4, 0.5) is 5.82 Å². The monoisotopic (exact) mass is 370 g/mol. The first kappa shape index (κ1) is 17.8. The lowest BCUT2D eigenvalue weighted by atomic mass is 10.2. The highest BCUT2D eigenvalue weighted by atomic mass is 32.2. The number of hydrogen-bond donors (Lipinski definition) is 3. The number of hydrogen-bond acceptors (Lipinski definition) is 6. The second-order valence-corrected chi connectivity index (χ2v) is 7.34. The minimum Gasteiger partial charge on any atom is -0.507 e. The number of anilines is 1. The SMILES string of the molecule is Cc1cc(NCc2ccc(S(N)(=O)=O)cc2)nc(-c2ccccc2O)n1. The van der Waals surface area contributed by atoms with Gasteiger partial charge in [-0.05, 0) is 36.8 Å². The second-order valence-electron chi connectivity index (χ2n) is 5.78. The number of nitrogens with zero attached hydrogens (tertiary/aromatic N) is 2. The Morgan fingerprint density at radius 3 is 2.42 bits per heavy atom. The number of nitrogens with one attached hydrogen (secondary N) is 1. The Balaban J connectivity index is 1.79. The van der Waals surface area contributed by atoms with Gasteiger partial charge in [-0.25, -0.2) is 23.5 Å². The maximum atomic E-state index is 11.3. The van der Waals surface area contributed by atoms with E-state index < -0.39 is 10.0 Å². The maximum absolute atomic E-state index is 11.3. The molecule has 1 aromatic heterocycles. The van der Waals surface area contributed by atoms with Crippen molar-refractivity contribution in [1.82, 2.24) is 9.97 Å². The fourth-order valence-electron chi connectivity index (χ4n) is 2.43. The highest BCUT2D eigenvalue weighted by molar-refractivity contribution is 7.89. The van der Waals surface area contributed by atoms with Crippen molar-refractivity contribution in [2.24, 2.45) is 5.14 Å². The molecule has 0 aliphatic carbocycles. The summed E-state index contributed by atoms with van der Waals surface area (Å²) in [7, 11) is -3.70. The first-order valence-electron chi connectivity index (χ1n) is 7.82. The van der Waals surface area contributed by atoms with Crippen molar-refractivity contribution in [1.29, 1.82) is 0 Å². The second kappa shape index (κ2) is 7.11. The summed E-state index contributed by atoms with van der Waals surface area (Å²) in [4.78, 5) is 8.88. The molecule has 2 aromatic carbocycles. The van der Waals surface area contributed by atoms with Gasteiger partial charge in [-0.1, -0.05) is 24.3 Å². The zero-order chi connectivity index (χ0) is 18.7. The third-order valence-electron chi connectivity index (χ3n) is 3.72. The van der Waals surface area contributed by atoms with E-state index in [1.54, 1.807) is 42.5 Å². The summed E-state index contributed by atoms with van der Waals surface area (Å²) in [5.41, 5.74) is 2.18. The molecule has 0 bridgehead atoms. The van der Waals surface area contributed by atoms with Crippen LogP contribution < -0.4 is 10.5 Å². The van der Waals surface area contributed by atoms with Crippen LogP contribution in [0.15, 0.2) is 59.5 Å². The van der Waals surface area contributed by atoms with E-state index in [-0.39, 0.29) is 10.6 Å². The zero-order valence-corrected chi connectivity index (χ0v) is 14.9. The number of nitrogens with two attached hydrogens (primary N) is 1. The standard InChI is InChI=1S/C18H18N4O3S/c1-12-10-17(22-18(21-12)15-4-2-3-5-16(15)23)20-11-13-6-8-14(9-7-13)26(19,24)25/h2-10,23H,11H2,1H3,(H2,19,24,25)(H,20,21,22). The highest BCUT2D eigenvalue weighted by Gasteiger charge is 2.10. The summed E-state index contributed by atoms with van der Waals surface area (Å²) in [6, 6.07) is 15.0. The van der Waals surface area contributed by atoms with Gasteiger partial charge in [0.1, 0.15) is 11.6 Å². The number of benzene rings is 2. The van der Waals surface area contributed by atoms with E-state index in [9.17, 15) is 13.5 Å². The summed E-state index contributed by atoms with van der Waals surface area (Å²) in [5, 5.41) is 18.3.